The molecule has 13 nitrogen and oxygen atoms in total. The first-order valence-corrected chi connectivity index (χ1v) is 16.4. The van der Waals surface area contributed by atoms with E-state index in [1.54, 1.807) is 12.1 Å². The fourth-order valence-electron chi connectivity index (χ4n) is 4.35. The molecule has 0 bridgehead atoms. The summed E-state index contributed by atoms with van der Waals surface area (Å²) in [6.45, 7) is 8.33. The summed E-state index contributed by atoms with van der Waals surface area (Å²) in [5, 5.41) is 13.0. The SMILES string of the molecule is COc1c(NC(=O)c2ccc(C(F)(F)F)c(Oc3ccnc(N4CCNCC4)n3)c2)cc(C(C)(C)C)cc1NS(C)(=O)=O.O=C(O)C(F)(F)F. The van der Waals surface area contributed by atoms with E-state index < -0.39 is 51.0 Å². The van der Waals surface area contributed by atoms with Gasteiger partial charge in [-0.25, -0.2) is 18.2 Å². The minimum absolute atomic E-state index is 0.0246. The number of anilines is 3. The third kappa shape index (κ3) is 11.1. The molecule has 0 atom stereocenters. The van der Waals surface area contributed by atoms with Crippen molar-refractivity contribution >= 4 is 39.2 Å². The molecular formula is C30H34F6N6O7S. The highest BCUT2D eigenvalue weighted by Crippen LogP contribution is 2.41. The van der Waals surface area contributed by atoms with Crippen LogP contribution in [0.15, 0.2) is 42.6 Å². The number of benzene rings is 2. The Labute approximate surface area is 283 Å². The number of sulfonamides is 1. The van der Waals surface area contributed by atoms with Crippen molar-refractivity contribution in [3.8, 4) is 17.4 Å². The molecule has 1 fully saturated rings. The normalized spacial score (nSPS) is 13.9. The molecule has 0 saturated carbocycles. The predicted molar refractivity (Wildman–Crippen MR) is 170 cm³/mol. The van der Waals surface area contributed by atoms with Crippen LogP contribution >= 0.6 is 0 Å². The molecule has 50 heavy (non-hydrogen) atoms. The van der Waals surface area contributed by atoms with Gasteiger partial charge >= 0.3 is 18.3 Å². The lowest BCUT2D eigenvalue weighted by Crippen LogP contribution is -2.44. The zero-order chi connectivity index (χ0) is 37.7. The summed E-state index contributed by atoms with van der Waals surface area (Å²) < 4.78 is 111. The van der Waals surface area contributed by atoms with E-state index in [4.69, 9.17) is 19.4 Å². The Hall–Kier alpha value is -4.85. The summed E-state index contributed by atoms with van der Waals surface area (Å²) >= 11 is 0. The Morgan fingerprint density at radius 3 is 2.10 bits per heavy atom. The second-order valence-electron chi connectivity index (χ2n) is 11.7. The van der Waals surface area contributed by atoms with Crippen LogP contribution in [0.5, 0.6) is 17.4 Å². The maximum Gasteiger partial charge on any atom is 0.490 e. The number of carboxylic acids is 1. The number of ether oxygens (including phenoxy) is 2. The van der Waals surface area contributed by atoms with Crippen LogP contribution in [0.1, 0.15) is 42.3 Å². The van der Waals surface area contributed by atoms with E-state index in [1.807, 2.05) is 25.7 Å². The number of nitrogens with one attached hydrogen (secondary N) is 3. The molecule has 1 aromatic heterocycles. The highest BCUT2D eigenvalue weighted by Gasteiger charge is 2.38. The molecule has 0 spiro atoms. The second-order valence-corrected chi connectivity index (χ2v) is 13.5. The summed E-state index contributed by atoms with van der Waals surface area (Å²) in [6, 6.07) is 7.29. The van der Waals surface area contributed by atoms with Crippen LogP contribution in [0, 0.1) is 0 Å². The van der Waals surface area contributed by atoms with E-state index >= 15 is 0 Å². The molecule has 1 amide bonds. The summed E-state index contributed by atoms with van der Waals surface area (Å²) in [7, 11) is -2.42. The Morgan fingerprint density at radius 1 is 0.980 bits per heavy atom. The van der Waals surface area contributed by atoms with Gasteiger partial charge in [0.05, 0.1) is 30.3 Å². The van der Waals surface area contributed by atoms with Crippen LogP contribution in [0.4, 0.5) is 43.7 Å². The van der Waals surface area contributed by atoms with Crippen molar-refractivity contribution in [2.75, 3.05) is 54.5 Å². The molecule has 1 saturated heterocycles. The van der Waals surface area contributed by atoms with Gasteiger partial charge in [-0.15, -0.1) is 0 Å². The van der Waals surface area contributed by atoms with Crippen molar-refractivity contribution in [2.45, 2.75) is 38.5 Å². The minimum atomic E-state index is -5.08. The number of rotatable bonds is 8. The number of carboxylic acid groups (broad SMARTS) is 1. The first-order valence-electron chi connectivity index (χ1n) is 14.5. The summed E-state index contributed by atoms with van der Waals surface area (Å²) in [6.07, 6.45) is -7.50. The van der Waals surface area contributed by atoms with Crippen LogP contribution in [0.25, 0.3) is 0 Å². The zero-order valence-electron chi connectivity index (χ0n) is 27.3. The lowest BCUT2D eigenvalue weighted by molar-refractivity contribution is -0.192. The van der Waals surface area contributed by atoms with Crippen molar-refractivity contribution < 1.29 is 58.9 Å². The number of hydrogen-bond acceptors (Lipinski definition) is 10. The second kappa shape index (κ2) is 15.4. The van der Waals surface area contributed by atoms with Gasteiger partial charge in [0, 0.05) is 44.0 Å². The largest absolute Gasteiger partial charge is 0.492 e. The smallest absolute Gasteiger partial charge is 0.490 e. The molecule has 0 unspecified atom stereocenters. The molecule has 4 rings (SSSR count). The number of piperazine rings is 1. The van der Waals surface area contributed by atoms with Gasteiger partial charge in [-0.1, -0.05) is 20.8 Å². The Bertz CT molecular complexity index is 1810. The van der Waals surface area contributed by atoms with Crippen LogP contribution in [-0.4, -0.2) is 81.1 Å². The number of amides is 1. The van der Waals surface area contributed by atoms with Crippen molar-refractivity contribution in [1.29, 1.82) is 0 Å². The zero-order valence-corrected chi connectivity index (χ0v) is 28.1. The lowest BCUT2D eigenvalue weighted by atomic mass is 9.86. The van der Waals surface area contributed by atoms with Gasteiger partial charge in [-0.05, 0) is 41.3 Å². The molecule has 20 heteroatoms. The number of hydrogen-bond donors (Lipinski definition) is 4. The van der Waals surface area contributed by atoms with Gasteiger partial charge in [0.1, 0.15) is 5.75 Å². The van der Waals surface area contributed by atoms with Gasteiger partial charge in [0.2, 0.25) is 21.9 Å². The molecule has 0 radical (unpaired) electrons. The van der Waals surface area contributed by atoms with Gasteiger partial charge < -0.3 is 30.1 Å². The van der Waals surface area contributed by atoms with Gasteiger partial charge in [0.15, 0.2) is 5.75 Å². The number of methoxy groups -OCH3 is 1. The summed E-state index contributed by atoms with van der Waals surface area (Å²) in [4.78, 5) is 32.6. The number of halogens is 6. The summed E-state index contributed by atoms with van der Waals surface area (Å²) in [5.74, 6) is -3.95. The molecule has 2 heterocycles. The van der Waals surface area contributed by atoms with Crippen LogP contribution in [0.2, 0.25) is 0 Å². The van der Waals surface area contributed by atoms with Crippen molar-refractivity contribution in [3.05, 3.63) is 59.3 Å². The van der Waals surface area contributed by atoms with Crippen LogP contribution in [0.3, 0.4) is 0 Å². The van der Waals surface area contributed by atoms with Crippen LogP contribution < -0.4 is 29.7 Å². The number of carbonyl (C=O) groups is 2. The fourth-order valence-corrected chi connectivity index (χ4v) is 4.90. The molecule has 4 N–H and O–H groups in total. The van der Waals surface area contributed by atoms with Crippen molar-refractivity contribution in [2.24, 2.45) is 0 Å². The average Bonchev–Trinajstić information content (AvgIpc) is 2.99. The highest BCUT2D eigenvalue weighted by atomic mass is 32.2. The number of aromatic nitrogens is 2. The number of carbonyl (C=O) groups excluding carboxylic acids is 1. The number of aliphatic carboxylic acids is 1. The first kappa shape index (κ1) is 39.6. The maximum atomic E-state index is 13.9. The lowest BCUT2D eigenvalue weighted by Gasteiger charge is -2.27. The maximum absolute atomic E-state index is 13.9. The van der Waals surface area contributed by atoms with Crippen molar-refractivity contribution in [1.82, 2.24) is 15.3 Å². The van der Waals surface area contributed by atoms with Crippen LogP contribution in [-0.2, 0) is 26.4 Å². The van der Waals surface area contributed by atoms with E-state index in [1.165, 1.54) is 19.4 Å². The molecule has 274 valence electrons. The average molecular weight is 737 g/mol. The summed E-state index contributed by atoms with van der Waals surface area (Å²) in [5.41, 5.74) is -0.845. The molecular weight excluding hydrogens is 702 g/mol. The predicted octanol–water partition coefficient (Wildman–Crippen LogP) is 5.26. The number of nitrogens with zero attached hydrogens (tertiary/aromatic N) is 3. The fraction of sp³-hybridized carbons (Fsp3) is 0.400. The number of alkyl halides is 6. The van der Waals surface area contributed by atoms with E-state index in [9.17, 15) is 39.6 Å². The molecule has 2 aromatic carbocycles. The molecule has 3 aromatic rings. The Kier molecular flexibility index (Phi) is 12.2. The standard InChI is InChI=1S/C28H33F3N6O5S.C2HF3O2/c1-27(2,3)18-15-20(24(41-4)21(16-18)36-43(5,39)40)34-25(38)17-6-7-19(28(29,30)31)22(14-17)42-23-8-9-33-26(35-23)37-12-10-32-11-13-37;3-2(4,5)1(6)7/h6-9,14-16,32,36H,10-13H2,1-5H3,(H,34,38);(H,6,7). The molecule has 1 aliphatic heterocycles. The first-order chi connectivity index (χ1) is 23.0. The minimum Gasteiger partial charge on any atom is -0.492 e. The monoisotopic (exact) mass is 736 g/mol. The van der Waals surface area contributed by atoms with Gasteiger partial charge in [-0.2, -0.15) is 31.3 Å². The third-order valence-electron chi connectivity index (χ3n) is 6.73. The Balaban J connectivity index is 0.000000872. The topological polar surface area (TPSA) is 172 Å². The van der Waals surface area contributed by atoms with E-state index in [0.717, 1.165) is 24.5 Å². The molecule has 1 aliphatic rings. The van der Waals surface area contributed by atoms with Gasteiger partial charge in [0.25, 0.3) is 5.91 Å². The van der Waals surface area contributed by atoms with E-state index in [2.05, 4.69) is 25.3 Å². The van der Waals surface area contributed by atoms with Gasteiger partial charge in [-0.3, -0.25) is 9.52 Å². The highest BCUT2D eigenvalue weighted by molar-refractivity contribution is 7.92. The Morgan fingerprint density at radius 2 is 1.58 bits per heavy atom. The third-order valence-corrected chi connectivity index (χ3v) is 7.32. The molecule has 0 aliphatic carbocycles. The quantitative estimate of drug-likeness (QED) is 0.222. The van der Waals surface area contributed by atoms with E-state index in [0.29, 0.717) is 37.7 Å². The van der Waals surface area contributed by atoms with E-state index in [-0.39, 0.29) is 28.6 Å². The van der Waals surface area contributed by atoms with Crippen molar-refractivity contribution in [3.63, 3.8) is 0 Å².